The number of carbonyl (C=O) groups is 1. The first-order valence-electron chi connectivity index (χ1n) is 6.33. The zero-order valence-electron chi connectivity index (χ0n) is 11.4. The SMILES string of the molecule is CC(C)(C)OC(=O)N[C@H]1CC[C@@H](O)[C@@H](O)[C@H](O)[C@@H]1O. The summed E-state index contributed by atoms with van der Waals surface area (Å²) in [7, 11) is 0. The van der Waals surface area contributed by atoms with Gasteiger partial charge in [-0.1, -0.05) is 0 Å². The Morgan fingerprint density at radius 2 is 1.63 bits per heavy atom. The van der Waals surface area contributed by atoms with Crippen LogP contribution in [0.5, 0.6) is 0 Å². The lowest BCUT2D eigenvalue weighted by Gasteiger charge is -2.28. The maximum absolute atomic E-state index is 11.6. The van der Waals surface area contributed by atoms with Crippen molar-refractivity contribution in [1.82, 2.24) is 5.32 Å². The molecule has 7 nitrogen and oxygen atoms in total. The number of rotatable bonds is 1. The van der Waals surface area contributed by atoms with Crippen molar-refractivity contribution >= 4 is 6.09 Å². The van der Waals surface area contributed by atoms with Crippen LogP contribution in [-0.4, -0.2) is 62.6 Å². The molecule has 0 saturated heterocycles. The summed E-state index contributed by atoms with van der Waals surface area (Å²) >= 11 is 0. The number of carbonyl (C=O) groups excluding carboxylic acids is 1. The van der Waals surface area contributed by atoms with E-state index >= 15 is 0 Å². The highest BCUT2D eigenvalue weighted by atomic mass is 16.6. The molecule has 1 aliphatic rings. The molecule has 7 heteroatoms. The van der Waals surface area contributed by atoms with E-state index in [4.69, 9.17) is 4.74 Å². The van der Waals surface area contributed by atoms with E-state index in [9.17, 15) is 25.2 Å². The summed E-state index contributed by atoms with van der Waals surface area (Å²) < 4.78 is 5.05. The topological polar surface area (TPSA) is 119 Å². The van der Waals surface area contributed by atoms with Crippen molar-refractivity contribution in [1.29, 1.82) is 0 Å². The quantitative estimate of drug-likeness (QED) is 0.397. The highest BCUT2D eigenvalue weighted by Crippen LogP contribution is 2.20. The number of ether oxygens (including phenoxy) is 1. The summed E-state index contributed by atoms with van der Waals surface area (Å²) in [6.45, 7) is 5.12. The van der Waals surface area contributed by atoms with Gasteiger partial charge in [0.05, 0.1) is 12.1 Å². The van der Waals surface area contributed by atoms with Crippen LogP contribution in [0.3, 0.4) is 0 Å². The highest BCUT2D eigenvalue weighted by molar-refractivity contribution is 5.68. The molecule has 5 atom stereocenters. The molecule has 1 amide bonds. The third-order valence-electron chi connectivity index (χ3n) is 2.98. The second-order valence-corrected chi connectivity index (χ2v) is 5.87. The molecule has 0 bridgehead atoms. The minimum Gasteiger partial charge on any atom is -0.444 e. The van der Waals surface area contributed by atoms with Crippen LogP contribution >= 0.6 is 0 Å². The molecule has 1 saturated carbocycles. The third kappa shape index (κ3) is 4.61. The highest BCUT2D eigenvalue weighted by Gasteiger charge is 2.39. The summed E-state index contributed by atoms with van der Waals surface area (Å²) in [6, 6.07) is -0.781. The Labute approximate surface area is 112 Å². The van der Waals surface area contributed by atoms with Crippen molar-refractivity contribution in [2.24, 2.45) is 0 Å². The van der Waals surface area contributed by atoms with Crippen LogP contribution < -0.4 is 5.32 Å². The average molecular weight is 277 g/mol. The second-order valence-electron chi connectivity index (χ2n) is 5.87. The predicted molar refractivity (Wildman–Crippen MR) is 66.4 cm³/mol. The fraction of sp³-hybridized carbons (Fsp3) is 0.917. The lowest BCUT2D eigenvalue weighted by Crippen LogP contribution is -2.52. The van der Waals surface area contributed by atoms with Crippen LogP contribution in [0, 0.1) is 0 Å². The van der Waals surface area contributed by atoms with Gasteiger partial charge >= 0.3 is 6.09 Å². The van der Waals surface area contributed by atoms with Gasteiger partial charge in [0.15, 0.2) is 0 Å². The van der Waals surface area contributed by atoms with Crippen LogP contribution in [0.15, 0.2) is 0 Å². The molecule has 0 aromatic heterocycles. The smallest absolute Gasteiger partial charge is 0.407 e. The lowest BCUT2D eigenvalue weighted by molar-refractivity contribution is -0.0992. The number of aliphatic hydroxyl groups excluding tert-OH is 4. The monoisotopic (exact) mass is 277 g/mol. The maximum atomic E-state index is 11.6. The van der Waals surface area contributed by atoms with Gasteiger partial charge in [0.25, 0.3) is 0 Å². The number of amides is 1. The standard InChI is InChI=1S/C12H23NO6/c1-12(2,3)19-11(18)13-6-4-5-7(14)9(16)10(17)8(6)15/h6-10,14-17H,4-5H2,1-3H3,(H,13,18)/t6-,7+,8+,9+,10+/m0/s1. The van der Waals surface area contributed by atoms with Crippen LogP contribution in [0.2, 0.25) is 0 Å². The summed E-state index contributed by atoms with van der Waals surface area (Å²) in [4.78, 5) is 11.6. The maximum Gasteiger partial charge on any atom is 0.407 e. The molecular weight excluding hydrogens is 254 g/mol. The molecule has 19 heavy (non-hydrogen) atoms. The first-order chi connectivity index (χ1) is 8.61. The minimum atomic E-state index is -1.52. The van der Waals surface area contributed by atoms with E-state index in [0.29, 0.717) is 0 Å². The number of hydrogen-bond acceptors (Lipinski definition) is 6. The van der Waals surface area contributed by atoms with Crippen molar-refractivity contribution in [2.45, 2.75) is 69.7 Å². The molecule has 0 radical (unpaired) electrons. The Hall–Kier alpha value is -0.890. The van der Waals surface area contributed by atoms with Crippen molar-refractivity contribution in [3.63, 3.8) is 0 Å². The zero-order chi connectivity index (χ0) is 14.8. The molecule has 0 heterocycles. The minimum absolute atomic E-state index is 0.162. The molecule has 1 rings (SSSR count). The summed E-state index contributed by atoms with van der Waals surface area (Å²) in [5.74, 6) is 0. The Morgan fingerprint density at radius 3 is 2.16 bits per heavy atom. The number of hydrogen-bond donors (Lipinski definition) is 5. The van der Waals surface area contributed by atoms with Crippen molar-refractivity contribution in [3.05, 3.63) is 0 Å². The molecular formula is C12H23NO6. The van der Waals surface area contributed by atoms with E-state index in [1.54, 1.807) is 20.8 Å². The van der Waals surface area contributed by atoms with Gasteiger partial charge in [-0.15, -0.1) is 0 Å². The van der Waals surface area contributed by atoms with E-state index in [2.05, 4.69) is 5.32 Å². The molecule has 0 unspecified atom stereocenters. The van der Waals surface area contributed by atoms with E-state index in [-0.39, 0.29) is 12.8 Å². The Morgan fingerprint density at radius 1 is 1.05 bits per heavy atom. The van der Waals surface area contributed by atoms with Gasteiger partial charge < -0.3 is 30.5 Å². The van der Waals surface area contributed by atoms with Crippen molar-refractivity contribution < 1.29 is 30.0 Å². The number of nitrogens with one attached hydrogen (secondary N) is 1. The number of aliphatic hydroxyl groups is 4. The van der Waals surface area contributed by atoms with Gasteiger partial charge in [-0.05, 0) is 33.6 Å². The van der Waals surface area contributed by atoms with E-state index in [1.165, 1.54) is 0 Å². The molecule has 0 spiro atoms. The normalized spacial score (nSPS) is 36.5. The van der Waals surface area contributed by atoms with Crippen LogP contribution in [0.25, 0.3) is 0 Å². The summed E-state index contributed by atoms with van der Waals surface area (Å²) in [6.07, 6.45) is -5.76. The van der Waals surface area contributed by atoms with Gasteiger partial charge in [0, 0.05) is 0 Å². The third-order valence-corrected chi connectivity index (χ3v) is 2.98. The van der Waals surface area contributed by atoms with Crippen LogP contribution in [-0.2, 0) is 4.74 Å². The zero-order valence-corrected chi connectivity index (χ0v) is 11.4. The molecule has 0 aliphatic heterocycles. The second kappa shape index (κ2) is 6.04. The molecule has 5 N–H and O–H groups in total. The first-order valence-corrected chi connectivity index (χ1v) is 6.33. The molecule has 1 fully saturated rings. The fourth-order valence-electron chi connectivity index (χ4n) is 1.98. The van der Waals surface area contributed by atoms with Gasteiger partial charge in [-0.2, -0.15) is 0 Å². The van der Waals surface area contributed by atoms with E-state index < -0.39 is 42.2 Å². The van der Waals surface area contributed by atoms with Crippen LogP contribution in [0.4, 0.5) is 4.79 Å². The largest absolute Gasteiger partial charge is 0.444 e. The number of alkyl carbamates (subject to hydrolysis) is 1. The molecule has 0 aromatic rings. The van der Waals surface area contributed by atoms with E-state index in [0.717, 1.165) is 0 Å². The van der Waals surface area contributed by atoms with Crippen molar-refractivity contribution in [3.8, 4) is 0 Å². The Kier molecular flexibility index (Phi) is 5.14. The fourth-order valence-corrected chi connectivity index (χ4v) is 1.98. The predicted octanol–water partition coefficient (Wildman–Crippen LogP) is -0.883. The first kappa shape index (κ1) is 16.2. The summed E-state index contributed by atoms with van der Waals surface area (Å²) in [5, 5.41) is 41.0. The Bertz CT molecular complexity index is 316. The summed E-state index contributed by atoms with van der Waals surface area (Å²) in [5.41, 5.74) is -0.669. The molecule has 0 aromatic carbocycles. The molecule has 1 aliphatic carbocycles. The van der Waals surface area contributed by atoms with Crippen LogP contribution in [0.1, 0.15) is 33.6 Å². The lowest BCUT2D eigenvalue weighted by atomic mass is 10.0. The van der Waals surface area contributed by atoms with Crippen molar-refractivity contribution in [2.75, 3.05) is 0 Å². The van der Waals surface area contributed by atoms with Gasteiger partial charge in [-0.3, -0.25) is 0 Å². The van der Waals surface area contributed by atoms with Gasteiger partial charge in [0.1, 0.15) is 23.9 Å². The van der Waals surface area contributed by atoms with E-state index in [1.807, 2.05) is 0 Å². The average Bonchev–Trinajstić information content (AvgIpc) is 2.34. The molecule has 112 valence electrons. The van der Waals surface area contributed by atoms with Gasteiger partial charge in [-0.25, -0.2) is 4.79 Å². The Balaban J connectivity index is 2.65. The van der Waals surface area contributed by atoms with Gasteiger partial charge in [0.2, 0.25) is 0 Å².